The molecule has 18 heavy (non-hydrogen) atoms. The molecule has 0 bridgehead atoms. The Morgan fingerprint density at radius 1 is 1.00 bits per heavy atom. The third-order valence-corrected chi connectivity index (χ3v) is 4.01. The van der Waals surface area contributed by atoms with Crippen molar-refractivity contribution in [2.24, 2.45) is 0 Å². The summed E-state index contributed by atoms with van der Waals surface area (Å²) >= 11 is 1.93. The average Bonchev–Trinajstić information content (AvgIpc) is 2.40. The number of aromatic nitrogens is 1. The van der Waals surface area contributed by atoms with Gasteiger partial charge in [0, 0.05) is 22.8 Å². The Bertz CT molecular complexity index is 462. The van der Waals surface area contributed by atoms with Crippen molar-refractivity contribution >= 4 is 11.8 Å². The van der Waals surface area contributed by atoms with E-state index in [1.54, 1.807) is 0 Å². The van der Waals surface area contributed by atoms with E-state index < -0.39 is 0 Å². The Morgan fingerprint density at radius 3 is 2.28 bits per heavy atom. The molecule has 0 saturated carbocycles. The fourth-order valence-corrected chi connectivity index (χ4v) is 2.73. The number of pyridine rings is 1. The van der Waals surface area contributed by atoms with Gasteiger partial charge in [-0.1, -0.05) is 26.0 Å². The SMILES string of the molecule is CC(C)c1ccc(SCCc2cc[nH+]cc2)cc1. The highest BCUT2D eigenvalue weighted by molar-refractivity contribution is 7.99. The highest BCUT2D eigenvalue weighted by Crippen LogP contribution is 2.22. The normalized spacial score (nSPS) is 10.8. The second-order valence-electron chi connectivity index (χ2n) is 4.73. The van der Waals surface area contributed by atoms with Crippen LogP contribution in [0.4, 0.5) is 0 Å². The van der Waals surface area contributed by atoms with Crippen LogP contribution in [0.2, 0.25) is 0 Å². The summed E-state index contributed by atoms with van der Waals surface area (Å²) in [5.74, 6) is 1.75. The van der Waals surface area contributed by atoms with Gasteiger partial charge in [0.25, 0.3) is 0 Å². The van der Waals surface area contributed by atoms with Gasteiger partial charge in [-0.05, 0) is 35.6 Å². The number of nitrogens with one attached hydrogen (secondary N) is 1. The largest absolute Gasteiger partial charge is 0.218 e. The number of H-pyrrole nitrogens is 1. The van der Waals surface area contributed by atoms with Crippen LogP contribution in [-0.4, -0.2) is 5.75 Å². The third-order valence-electron chi connectivity index (χ3n) is 2.99. The molecule has 0 aliphatic rings. The van der Waals surface area contributed by atoms with Crippen LogP contribution in [0.1, 0.15) is 30.9 Å². The van der Waals surface area contributed by atoms with E-state index >= 15 is 0 Å². The van der Waals surface area contributed by atoms with Crippen LogP contribution >= 0.6 is 11.8 Å². The number of aryl methyl sites for hydroxylation is 1. The van der Waals surface area contributed by atoms with Crippen molar-refractivity contribution in [1.29, 1.82) is 0 Å². The van der Waals surface area contributed by atoms with Gasteiger partial charge < -0.3 is 0 Å². The summed E-state index contributed by atoms with van der Waals surface area (Å²) in [5.41, 5.74) is 2.80. The molecule has 2 rings (SSSR count). The van der Waals surface area contributed by atoms with E-state index in [0.29, 0.717) is 5.92 Å². The van der Waals surface area contributed by atoms with Crippen LogP contribution in [0.3, 0.4) is 0 Å². The first-order valence-corrected chi connectivity index (χ1v) is 7.42. The predicted octanol–water partition coefficient (Wildman–Crippen LogP) is 3.96. The molecule has 0 unspecified atom stereocenters. The van der Waals surface area contributed by atoms with Crippen molar-refractivity contribution in [1.82, 2.24) is 0 Å². The molecule has 2 heteroatoms. The summed E-state index contributed by atoms with van der Waals surface area (Å²) in [6.45, 7) is 4.46. The molecule has 1 nitrogen and oxygen atoms in total. The highest BCUT2D eigenvalue weighted by Gasteiger charge is 2.00. The van der Waals surface area contributed by atoms with E-state index in [0.717, 1.165) is 12.2 Å². The fraction of sp³-hybridized carbons (Fsp3) is 0.312. The van der Waals surface area contributed by atoms with Crippen molar-refractivity contribution < 1.29 is 4.98 Å². The standard InChI is InChI=1S/C16H19NS/c1-13(2)15-3-5-16(6-4-15)18-12-9-14-7-10-17-11-8-14/h3-8,10-11,13H,9,12H2,1-2H3/p+1. The molecule has 0 aliphatic heterocycles. The van der Waals surface area contributed by atoms with Gasteiger partial charge in [0.1, 0.15) is 0 Å². The molecular formula is C16H20NS+. The molecule has 0 radical (unpaired) electrons. The molecule has 0 saturated heterocycles. The zero-order valence-electron chi connectivity index (χ0n) is 11.0. The van der Waals surface area contributed by atoms with Crippen LogP contribution in [0.5, 0.6) is 0 Å². The fourth-order valence-electron chi connectivity index (χ4n) is 1.82. The van der Waals surface area contributed by atoms with Crippen molar-refractivity contribution in [3.05, 3.63) is 59.9 Å². The molecule has 0 aliphatic carbocycles. The van der Waals surface area contributed by atoms with Crippen LogP contribution in [-0.2, 0) is 6.42 Å². The molecule has 0 amide bonds. The van der Waals surface area contributed by atoms with Gasteiger partial charge in [-0.3, -0.25) is 0 Å². The summed E-state index contributed by atoms with van der Waals surface area (Å²) in [5, 5.41) is 0. The lowest BCUT2D eigenvalue weighted by atomic mass is 10.0. The van der Waals surface area contributed by atoms with Crippen molar-refractivity contribution in [3.8, 4) is 0 Å². The molecule has 94 valence electrons. The molecule has 1 N–H and O–H groups in total. The Labute approximate surface area is 114 Å². The summed E-state index contributed by atoms with van der Waals surface area (Å²) in [6, 6.07) is 13.2. The molecule has 1 aromatic carbocycles. The average molecular weight is 258 g/mol. The number of hydrogen-bond acceptors (Lipinski definition) is 1. The van der Waals surface area contributed by atoms with Crippen molar-refractivity contribution in [2.75, 3.05) is 5.75 Å². The predicted molar refractivity (Wildman–Crippen MR) is 78.0 cm³/mol. The monoisotopic (exact) mass is 258 g/mol. The number of benzene rings is 1. The third kappa shape index (κ3) is 3.88. The Morgan fingerprint density at radius 2 is 1.67 bits per heavy atom. The van der Waals surface area contributed by atoms with Gasteiger partial charge in [0.05, 0.1) is 0 Å². The second kappa shape index (κ2) is 6.60. The van der Waals surface area contributed by atoms with E-state index in [4.69, 9.17) is 0 Å². The Hall–Kier alpha value is -1.28. The first kappa shape index (κ1) is 13.2. The lowest BCUT2D eigenvalue weighted by molar-refractivity contribution is -0.378. The molecule has 2 aromatic rings. The summed E-state index contributed by atoms with van der Waals surface area (Å²) < 4.78 is 0. The summed E-state index contributed by atoms with van der Waals surface area (Å²) in [7, 11) is 0. The molecule has 0 spiro atoms. The van der Waals surface area contributed by atoms with E-state index in [9.17, 15) is 0 Å². The van der Waals surface area contributed by atoms with E-state index in [1.165, 1.54) is 16.0 Å². The molecule has 1 heterocycles. The smallest absolute Gasteiger partial charge is 0.167 e. The minimum Gasteiger partial charge on any atom is -0.218 e. The van der Waals surface area contributed by atoms with Crippen LogP contribution in [0.25, 0.3) is 0 Å². The van der Waals surface area contributed by atoms with Crippen LogP contribution in [0, 0.1) is 0 Å². The van der Waals surface area contributed by atoms with Crippen molar-refractivity contribution in [3.63, 3.8) is 0 Å². The first-order valence-electron chi connectivity index (χ1n) is 6.43. The molecule has 0 atom stereocenters. The Kier molecular flexibility index (Phi) is 4.82. The van der Waals surface area contributed by atoms with E-state index in [2.05, 4.69) is 55.2 Å². The number of thioether (sulfide) groups is 1. The summed E-state index contributed by atoms with van der Waals surface area (Å²) in [6.07, 6.45) is 5.08. The maximum absolute atomic E-state index is 3.05. The van der Waals surface area contributed by atoms with Crippen LogP contribution in [0.15, 0.2) is 53.7 Å². The molecular weight excluding hydrogens is 238 g/mol. The maximum atomic E-state index is 3.05. The van der Waals surface area contributed by atoms with Gasteiger partial charge in [0.15, 0.2) is 12.4 Å². The quantitative estimate of drug-likeness (QED) is 0.740. The van der Waals surface area contributed by atoms with Gasteiger partial charge in [-0.2, -0.15) is 0 Å². The van der Waals surface area contributed by atoms with E-state index in [1.807, 2.05) is 24.2 Å². The van der Waals surface area contributed by atoms with Gasteiger partial charge in [-0.25, -0.2) is 4.98 Å². The first-order chi connectivity index (χ1) is 8.75. The minimum atomic E-state index is 0.615. The molecule has 1 aromatic heterocycles. The van der Waals surface area contributed by atoms with Gasteiger partial charge >= 0.3 is 0 Å². The van der Waals surface area contributed by atoms with E-state index in [-0.39, 0.29) is 0 Å². The topological polar surface area (TPSA) is 14.1 Å². The van der Waals surface area contributed by atoms with Crippen LogP contribution < -0.4 is 4.98 Å². The maximum Gasteiger partial charge on any atom is 0.167 e. The number of hydrogen-bond donors (Lipinski definition) is 0. The zero-order valence-corrected chi connectivity index (χ0v) is 11.8. The molecule has 0 fully saturated rings. The van der Waals surface area contributed by atoms with Crippen molar-refractivity contribution in [2.45, 2.75) is 31.1 Å². The van der Waals surface area contributed by atoms with Gasteiger partial charge in [0.2, 0.25) is 0 Å². The second-order valence-corrected chi connectivity index (χ2v) is 5.90. The van der Waals surface area contributed by atoms with Gasteiger partial charge in [-0.15, -0.1) is 11.8 Å². The Balaban J connectivity index is 1.83. The number of aromatic amines is 1. The minimum absolute atomic E-state index is 0.615. The lowest BCUT2D eigenvalue weighted by Crippen LogP contribution is -1.99. The zero-order chi connectivity index (χ0) is 12.8. The highest BCUT2D eigenvalue weighted by atomic mass is 32.2. The lowest BCUT2D eigenvalue weighted by Gasteiger charge is -2.06. The number of rotatable bonds is 5. The summed E-state index contributed by atoms with van der Waals surface area (Å²) in [4.78, 5) is 4.41.